The molecular formula is C16H16BrFO2. The molecule has 2 rings (SSSR count). The SMILES string of the molecule is CCOc1ccc(C(O)Cc2ccc(Br)cc2F)cc1. The van der Waals surface area contributed by atoms with Gasteiger partial charge in [-0.2, -0.15) is 0 Å². The number of rotatable bonds is 5. The van der Waals surface area contributed by atoms with Crippen LogP contribution in [0.4, 0.5) is 4.39 Å². The van der Waals surface area contributed by atoms with Crippen molar-refractivity contribution in [2.45, 2.75) is 19.4 Å². The first kappa shape index (κ1) is 15.0. The second-order valence-electron chi connectivity index (χ2n) is 4.46. The van der Waals surface area contributed by atoms with Crippen LogP contribution in [0.2, 0.25) is 0 Å². The molecular weight excluding hydrogens is 323 g/mol. The topological polar surface area (TPSA) is 29.5 Å². The van der Waals surface area contributed by atoms with Gasteiger partial charge in [0.25, 0.3) is 0 Å². The van der Waals surface area contributed by atoms with Crippen LogP contribution in [0.1, 0.15) is 24.2 Å². The van der Waals surface area contributed by atoms with Crippen LogP contribution in [-0.4, -0.2) is 11.7 Å². The smallest absolute Gasteiger partial charge is 0.127 e. The van der Waals surface area contributed by atoms with Crippen LogP contribution in [0.15, 0.2) is 46.9 Å². The average Bonchev–Trinajstić information content (AvgIpc) is 2.43. The second-order valence-corrected chi connectivity index (χ2v) is 5.37. The number of aliphatic hydroxyl groups excluding tert-OH is 1. The third kappa shape index (κ3) is 3.81. The summed E-state index contributed by atoms with van der Waals surface area (Å²) in [7, 11) is 0. The van der Waals surface area contributed by atoms with Gasteiger partial charge in [-0.3, -0.25) is 0 Å². The van der Waals surface area contributed by atoms with Gasteiger partial charge in [0.2, 0.25) is 0 Å². The lowest BCUT2D eigenvalue weighted by Crippen LogP contribution is -2.03. The normalized spacial score (nSPS) is 12.2. The van der Waals surface area contributed by atoms with E-state index >= 15 is 0 Å². The standard InChI is InChI=1S/C16H16BrFO2/c1-2-20-14-7-4-11(5-8-14)16(19)9-12-3-6-13(17)10-15(12)18/h3-8,10,16,19H,2,9H2,1H3. The zero-order chi connectivity index (χ0) is 14.5. The first-order chi connectivity index (χ1) is 9.60. The van der Waals surface area contributed by atoms with Gasteiger partial charge in [-0.15, -0.1) is 0 Å². The number of benzene rings is 2. The third-order valence-electron chi connectivity index (χ3n) is 3.00. The quantitative estimate of drug-likeness (QED) is 0.882. The Labute approximate surface area is 126 Å². The van der Waals surface area contributed by atoms with Gasteiger partial charge in [0.1, 0.15) is 11.6 Å². The highest BCUT2D eigenvalue weighted by atomic mass is 79.9. The zero-order valence-corrected chi connectivity index (χ0v) is 12.7. The molecule has 0 spiro atoms. The van der Waals surface area contributed by atoms with Crippen LogP contribution in [0.25, 0.3) is 0 Å². The van der Waals surface area contributed by atoms with E-state index in [1.165, 1.54) is 6.07 Å². The first-order valence-corrected chi connectivity index (χ1v) is 7.24. The molecule has 0 saturated carbocycles. The highest BCUT2D eigenvalue weighted by Gasteiger charge is 2.12. The van der Waals surface area contributed by atoms with E-state index in [0.29, 0.717) is 16.6 Å². The van der Waals surface area contributed by atoms with E-state index in [2.05, 4.69) is 15.9 Å². The van der Waals surface area contributed by atoms with E-state index in [9.17, 15) is 9.50 Å². The lowest BCUT2D eigenvalue weighted by atomic mass is 10.0. The Kier molecular flexibility index (Phi) is 5.15. The highest BCUT2D eigenvalue weighted by molar-refractivity contribution is 9.10. The number of hydrogen-bond donors (Lipinski definition) is 1. The minimum Gasteiger partial charge on any atom is -0.494 e. The maximum absolute atomic E-state index is 13.7. The number of aliphatic hydroxyl groups is 1. The molecule has 2 aromatic rings. The molecule has 1 unspecified atom stereocenters. The predicted molar refractivity (Wildman–Crippen MR) is 80.4 cm³/mol. The van der Waals surface area contributed by atoms with Crippen molar-refractivity contribution in [2.75, 3.05) is 6.61 Å². The first-order valence-electron chi connectivity index (χ1n) is 6.45. The van der Waals surface area contributed by atoms with Crippen molar-refractivity contribution in [3.63, 3.8) is 0 Å². The molecule has 2 nitrogen and oxygen atoms in total. The van der Waals surface area contributed by atoms with Gasteiger partial charge in [0.05, 0.1) is 12.7 Å². The van der Waals surface area contributed by atoms with Gasteiger partial charge >= 0.3 is 0 Å². The second kappa shape index (κ2) is 6.86. The number of halogens is 2. The summed E-state index contributed by atoms with van der Waals surface area (Å²) in [5, 5.41) is 10.2. The van der Waals surface area contributed by atoms with Gasteiger partial charge < -0.3 is 9.84 Å². The van der Waals surface area contributed by atoms with Crippen LogP contribution in [0.3, 0.4) is 0 Å². The maximum atomic E-state index is 13.7. The van der Waals surface area contributed by atoms with E-state index in [-0.39, 0.29) is 12.2 Å². The van der Waals surface area contributed by atoms with Crippen LogP contribution in [0.5, 0.6) is 5.75 Å². The third-order valence-corrected chi connectivity index (χ3v) is 3.50. The highest BCUT2D eigenvalue weighted by Crippen LogP contribution is 2.24. The minimum absolute atomic E-state index is 0.243. The fourth-order valence-electron chi connectivity index (χ4n) is 1.97. The fraction of sp³-hybridized carbons (Fsp3) is 0.250. The van der Waals surface area contributed by atoms with Gasteiger partial charge in [-0.25, -0.2) is 4.39 Å². The molecule has 0 aliphatic heterocycles. The van der Waals surface area contributed by atoms with Crippen LogP contribution in [-0.2, 0) is 6.42 Å². The van der Waals surface area contributed by atoms with E-state index in [1.54, 1.807) is 36.4 Å². The summed E-state index contributed by atoms with van der Waals surface area (Å²) in [4.78, 5) is 0. The Morgan fingerprint density at radius 2 is 1.90 bits per heavy atom. The molecule has 0 aliphatic carbocycles. The van der Waals surface area contributed by atoms with E-state index in [1.807, 2.05) is 6.92 Å². The Morgan fingerprint density at radius 3 is 2.50 bits per heavy atom. The van der Waals surface area contributed by atoms with Crippen molar-refractivity contribution < 1.29 is 14.2 Å². The molecule has 0 aromatic heterocycles. The Bertz CT molecular complexity index is 569. The molecule has 1 N–H and O–H groups in total. The molecule has 0 heterocycles. The van der Waals surface area contributed by atoms with Crippen molar-refractivity contribution in [1.82, 2.24) is 0 Å². The largest absolute Gasteiger partial charge is 0.494 e. The van der Waals surface area contributed by atoms with Gasteiger partial charge in [0.15, 0.2) is 0 Å². The summed E-state index contributed by atoms with van der Waals surface area (Å²) in [6, 6.07) is 12.1. The zero-order valence-electron chi connectivity index (χ0n) is 11.1. The molecule has 20 heavy (non-hydrogen) atoms. The molecule has 0 radical (unpaired) electrons. The summed E-state index contributed by atoms with van der Waals surface area (Å²) < 4.78 is 19.8. The molecule has 2 aromatic carbocycles. The number of hydrogen-bond acceptors (Lipinski definition) is 2. The molecule has 4 heteroatoms. The van der Waals surface area contributed by atoms with Gasteiger partial charge in [-0.1, -0.05) is 34.1 Å². The molecule has 0 aliphatic rings. The summed E-state index contributed by atoms with van der Waals surface area (Å²) >= 11 is 3.21. The van der Waals surface area contributed by atoms with E-state index < -0.39 is 6.10 Å². The molecule has 0 saturated heterocycles. The molecule has 0 amide bonds. The summed E-state index contributed by atoms with van der Waals surface area (Å²) in [6.07, 6.45) is -0.492. The van der Waals surface area contributed by atoms with Crippen molar-refractivity contribution in [3.8, 4) is 5.75 Å². The van der Waals surface area contributed by atoms with Crippen molar-refractivity contribution in [1.29, 1.82) is 0 Å². The molecule has 106 valence electrons. The van der Waals surface area contributed by atoms with Crippen LogP contribution < -0.4 is 4.74 Å². The molecule has 0 bridgehead atoms. The Morgan fingerprint density at radius 1 is 1.20 bits per heavy atom. The fourth-order valence-corrected chi connectivity index (χ4v) is 2.30. The van der Waals surface area contributed by atoms with Crippen LogP contribution in [0, 0.1) is 5.82 Å². The monoisotopic (exact) mass is 338 g/mol. The summed E-state index contributed by atoms with van der Waals surface area (Å²) in [6.45, 7) is 2.52. The van der Waals surface area contributed by atoms with Crippen molar-refractivity contribution in [2.24, 2.45) is 0 Å². The Hall–Kier alpha value is -1.39. The van der Waals surface area contributed by atoms with Crippen molar-refractivity contribution >= 4 is 15.9 Å². The lowest BCUT2D eigenvalue weighted by Gasteiger charge is -2.13. The van der Waals surface area contributed by atoms with Gasteiger partial charge in [0, 0.05) is 10.9 Å². The lowest BCUT2D eigenvalue weighted by molar-refractivity contribution is 0.177. The average molecular weight is 339 g/mol. The van der Waals surface area contributed by atoms with Gasteiger partial charge in [-0.05, 0) is 42.3 Å². The molecule has 1 atom stereocenters. The summed E-state index contributed by atoms with van der Waals surface area (Å²) in [5.74, 6) is 0.447. The molecule has 0 fully saturated rings. The predicted octanol–water partition coefficient (Wildman–Crippen LogP) is 4.26. The van der Waals surface area contributed by atoms with E-state index in [4.69, 9.17) is 4.74 Å². The van der Waals surface area contributed by atoms with E-state index in [0.717, 1.165) is 11.3 Å². The number of ether oxygens (including phenoxy) is 1. The summed E-state index contributed by atoms with van der Waals surface area (Å²) in [5.41, 5.74) is 1.24. The minimum atomic E-state index is -0.735. The van der Waals surface area contributed by atoms with Crippen LogP contribution >= 0.6 is 15.9 Å². The maximum Gasteiger partial charge on any atom is 0.127 e. The van der Waals surface area contributed by atoms with Crippen molar-refractivity contribution in [3.05, 3.63) is 63.9 Å². The Balaban J connectivity index is 2.09.